The molecule has 0 radical (unpaired) electrons. The van der Waals surface area contributed by atoms with Gasteiger partial charge in [-0.25, -0.2) is 0 Å². The zero-order valence-corrected chi connectivity index (χ0v) is 11.2. The fourth-order valence-corrected chi connectivity index (χ4v) is 2.19. The van der Waals surface area contributed by atoms with E-state index in [9.17, 15) is 9.59 Å². The van der Waals surface area contributed by atoms with Gasteiger partial charge in [0.25, 0.3) is 0 Å². The number of carbonyl (C=O) groups is 2. The minimum Gasteiger partial charge on any atom is -0.350 e. The van der Waals surface area contributed by atoms with Gasteiger partial charge in [0.1, 0.15) is 6.04 Å². The van der Waals surface area contributed by atoms with Crippen LogP contribution in [0.5, 0.6) is 0 Å². The Hall–Kier alpha value is -1.84. The van der Waals surface area contributed by atoms with Crippen molar-refractivity contribution in [3.63, 3.8) is 0 Å². The molecule has 0 aliphatic carbocycles. The Labute approximate surface area is 113 Å². The van der Waals surface area contributed by atoms with E-state index in [0.717, 1.165) is 24.8 Å². The molecule has 1 unspecified atom stereocenters. The zero-order chi connectivity index (χ0) is 13.7. The van der Waals surface area contributed by atoms with E-state index in [0.29, 0.717) is 13.0 Å². The van der Waals surface area contributed by atoms with E-state index in [1.165, 1.54) is 5.56 Å². The summed E-state index contributed by atoms with van der Waals surface area (Å²) in [5.41, 5.74) is 2.27. The number of rotatable bonds is 3. The molecule has 1 saturated heterocycles. The highest BCUT2D eigenvalue weighted by atomic mass is 16.2. The number of amides is 2. The second-order valence-corrected chi connectivity index (χ2v) is 5.07. The molecule has 1 aliphatic heterocycles. The van der Waals surface area contributed by atoms with E-state index >= 15 is 0 Å². The van der Waals surface area contributed by atoms with Gasteiger partial charge in [0.15, 0.2) is 0 Å². The molecule has 0 aromatic heterocycles. The summed E-state index contributed by atoms with van der Waals surface area (Å²) in [5, 5.41) is 5.66. The summed E-state index contributed by atoms with van der Waals surface area (Å²) in [6.07, 6.45) is 3.04. The lowest BCUT2D eigenvalue weighted by molar-refractivity contribution is -0.128. The maximum Gasteiger partial charge on any atom is 0.242 e. The summed E-state index contributed by atoms with van der Waals surface area (Å²) in [6, 6.07) is 7.67. The predicted octanol–water partition coefficient (Wildman–Crippen LogP) is 1.67. The molecule has 2 rings (SSSR count). The number of aryl methyl sites for hydroxylation is 1. The van der Waals surface area contributed by atoms with Gasteiger partial charge < -0.3 is 10.6 Å². The van der Waals surface area contributed by atoms with Crippen molar-refractivity contribution in [2.75, 3.05) is 0 Å². The van der Waals surface area contributed by atoms with Crippen molar-refractivity contribution in [2.45, 2.75) is 45.2 Å². The smallest absolute Gasteiger partial charge is 0.242 e. The highest BCUT2D eigenvalue weighted by Gasteiger charge is 2.22. The molecular weight excluding hydrogens is 240 g/mol. The van der Waals surface area contributed by atoms with E-state index < -0.39 is 0 Å². The van der Waals surface area contributed by atoms with Crippen LogP contribution in [0.2, 0.25) is 0 Å². The lowest BCUT2D eigenvalue weighted by Crippen LogP contribution is -2.45. The van der Waals surface area contributed by atoms with Gasteiger partial charge in [-0.1, -0.05) is 36.2 Å². The molecule has 1 aromatic carbocycles. The van der Waals surface area contributed by atoms with Crippen LogP contribution in [0.1, 0.15) is 36.8 Å². The van der Waals surface area contributed by atoms with Crippen molar-refractivity contribution in [2.24, 2.45) is 0 Å². The van der Waals surface area contributed by atoms with Crippen LogP contribution in [-0.4, -0.2) is 17.9 Å². The molecule has 1 fully saturated rings. The van der Waals surface area contributed by atoms with E-state index in [4.69, 9.17) is 0 Å². The van der Waals surface area contributed by atoms with Gasteiger partial charge in [0.05, 0.1) is 0 Å². The van der Waals surface area contributed by atoms with E-state index in [2.05, 4.69) is 10.6 Å². The summed E-state index contributed by atoms with van der Waals surface area (Å²) in [7, 11) is 0. The molecule has 1 aliphatic rings. The first kappa shape index (κ1) is 13.6. The fraction of sp³-hybridized carbons (Fsp3) is 0.467. The maximum atomic E-state index is 12.0. The van der Waals surface area contributed by atoms with Crippen LogP contribution < -0.4 is 10.6 Å². The van der Waals surface area contributed by atoms with Crippen molar-refractivity contribution in [3.05, 3.63) is 35.4 Å². The lowest BCUT2D eigenvalue weighted by atomic mass is 10.1. The van der Waals surface area contributed by atoms with Crippen LogP contribution >= 0.6 is 0 Å². The minimum atomic E-state index is -0.375. The Morgan fingerprint density at radius 3 is 2.79 bits per heavy atom. The summed E-state index contributed by atoms with van der Waals surface area (Å²) < 4.78 is 0. The van der Waals surface area contributed by atoms with Gasteiger partial charge in [-0.15, -0.1) is 0 Å². The second kappa shape index (κ2) is 6.36. The van der Waals surface area contributed by atoms with Crippen LogP contribution in [0.15, 0.2) is 24.3 Å². The fourth-order valence-electron chi connectivity index (χ4n) is 2.19. The molecule has 1 heterocycles. The maximum absolute atomic E-state index is 12.0. The standard InChI is InChI=1S/C15H20N2O2/c1-11-6-8-12(9-7-11)10-16-15(19)13-4-2-3-5-14(18)17-13/h6-9,13H,2-5,10H2,1H3,(H,16,19)(H,17,18). The van der Waals surface area contributed by atoms with E-state index in [1.807, 2.05) is 31.2 Å². The molecule has 1 atom stereocenters. The minimum absolute atomic E-state index is 0.0204. The highest BCUT2D eigenvalue weighted by molar-refractivity contribution is 5.87. The predicted molar refractivity (Wildman–Crippen MR) is 73.4 cm³/mol. The average Bonchev–Trinajstić information content (AvgIpc) is 2.62. The van der Waals surface area contributed by atoms with Gasteiger partial charge in [0.2, 0.25) is 11.8 Å². The van der Waals surface area contributed by atoms with Crippen molar-refractivity contribution in [1.29, 1.82) is 0 Å². The topological polar surface area (TPSA) is 58.2 Å². The van der Waals surface area contributed by atoms with Crippen molar-refractivity contribution < 1.29 is 9.59 Å². The SMILES string of the molecule is Cc1ccc(CNC(=O)C2CCCCC(=O)N2)cc1. The van der Waals surface area contributed by atoms with Crippen LogP contribution in [-0.2, 0) is 16.1 Å². The molecule has 19 heavy (non-hydrogen) atoms. The molecule has 2 N–H and O–H groups in total. The first-order chi connectivity index (χ1) is 9.15. The Morgan fingerprint density at radius 1 is 1.32 bits per heavy atom. The van der Waals surface area contributed by atoms with Crippen LogP contribution in [0.4, 0.5) is 0 Å². The summed E-state index contributed by atoms with van der Waals surface area (Å²) in [6.45, 7) is 2.54. The molecule has 0 spiro atoms. The normalized spacial score (nSPS) is 19.4. The molecular formula is C15H20N2O2. The van der Waals surface area contributed by atoms with Crippen molar-refractivity contribution >= 4 is 11.8 Å². The molecule has 2 amide bonds. The first-order valence-electron chi connectivity index (χ1n) is 6.78. The van der Waals surface area contributed by atoms with Gasteiger partial charge in [-0.2, -0.15) is 0 Å². The number of nitrogens with one attached hydrogen (secondary N) is 2. The van der Waals surface area contributed by atoms with E-state index in [1.54, 1.807) is 0 Å². The lowest BCUT2D eigenvalue weighted by Gasteiger charge is -2.15. The molecule has 4 nitrogen and oxygen atoms in total. The van der Waals surface area contributed by atoms with Gasteiger partial charge in [-0.05, 0) is 25.3 Å². The van der Waals surface area contributed by atoms with Gasteiger partial charge in [-0.3, -0.25) is 9.59 Å². The average molecular weight is 260 g/mol. The van der Waals surface area contributed by atoms with Crippen molar-refractivity contribution in [1.82, 2.24) is 10.6 Å². The summed E-state index contributed by atoms with van der Waals surface area (Å²) in [4.78, 5) is 23.4. The first-order valence-corrected chi connectivity index (χ1v) is 6.78. The van der Waals surface area contributed by atoms with E-state index in [-0.39, 0.29) is 17.9 Å². The summed E-state index contributed by atoms with van der Waals surface area (Å²) in [5.74, 6) is -0.108. The van der Waals surface area contributed by atoms with Crippen molar-refractivity contribution in [3.8, 4) is 0 Å². The number of benzene rings is 1. The quantitative estimate of drug-likeness (QED) is 0.868. The van der Waals surface area contributed by atoms with Gasteiger partial charge >= 0.3 is 0 Å². The molecule has 102 valence electrons. The number of hydrogen-bond acceptors (Lipinski definition) is 2. The molecule has 0 saturated carbocycles. The molecule has 0 bridgehead atoms. The highest BCUT2D eigenvalue weighted by Crippen LogP contribution is 2.10. The van der Waals surface area contributed by atoms with Crippen LogP contribution in [0.3, 0.4) is 0 Å². The Bertz CT molecular complexity index is 454. The second-order valence-electron chi connectivity index (χ2n) is 5.07. The monoisotopic (exact) mass is 260 g/mol. The third kappa shape index (κ3) is 4.09. The largest absolute Gasteiger partial charge is 0.350 e. The Balaban J connectivity index is 1.86. The third-order valence-electron chi connectivity index (χ3n) is 3.39. The Morgan fingerprint density at radius 2 is 2.05 bits per heavy atom. The molecule has 1 aromatic rings. The van der Waals surface area contributed by atoms with Crippen LogP contribution in [0, 0.1) is 6.92 Å². The molecule has 4 heteroatoms. The number of hydrogen-bond donors (Lipinski definition) is 2. The number of carbonyl (C=O) groups excluding carboxylic acids is 2. The van der Waals surface area contributed by atoms with Crippen LogP contribution in [0.25, 0.3) is 0 Å². The zero-order valence-electron chi connectivity index (χ0n) is 11.2. The van der Waals surface area contributed by atoms with Gasteiger partial charge in [0, 0.05) is 13.0 Å². The third-order valence-corrected chi connectivity index (χ3v) is 3.39. The summed E-state index contributed by atoms with van der Waals surface area (Å²) >= 11 is 0. The Kier molecular flexibility index (Phi) is 4.55.